The predicted molar refractivity (Wildman–Crippen MR) is 260 cm³/mol. The Morgan fingerprint density at radius 2 is 1.42 bits per heavy atom. The van der Waals surface area contributed by atoms with Crippen molar-refractivity contribution in [1.29, 1.82) is 0 Å². The molecule has 372 valence electrons. The monoisotopic (exact) mass is 1040 g/mol. The zero-order valence-corrected chi connectivity index (χ0v) is 46.1. The Kier molecular flexibility index (Phi) is 20.8. The maximum Gasteiger partial charge on any atom is 1.00 e. The van der Waals surface area contributed by atoms with Crippen LogP contribution < -0.4 is 77.6 Å². The normalized spacial score (nSPS) is 20.8. The summed E-state index contributed by atoms with van der Waals surface area (Å²) >= 11 is 1.88. The Balaban J connectivity index is 0.00000888. The molecule has 17 nitrogen and oxygen atoms in total. The van der Waals surface area contributed by atoms with Crippen molar-refractivity contribution in [2.45, 2.75) is 117 Å². The minimum absolute atomic E-state index is 0. The average molecular weight is 1040 g/mol. The number of hydrogen-bond donors (Lipinski definition) is 4. The third-order valence-corrected chi connectivity index (χ3v) is 16.2. The molecule has 4 aliphatic rings. The van der Waals surface area contributed by atoms with Crippen LogP contribution in [0.4, 0.5) is 16.2 Å². The summed E-state index contributed by atoms with van der Waals surface area (Å²) in [5.41, 5.74) is 3.67. The molecule has 4 aliphatic heterocycles. The zero-order valence-electron chi connectivity index (χ0n) is 40.5. The molecule has 0 radical (unpaired) electrons. The van der Waals surface area contributed by atoms with Crippen molar-refractivity contribution in [3.05, 3.63) is 83.6 Å². The molecule has 0 spiro atoms. The van der Waals surface area contributed by atoms with Crippen molar-refractivity contribution in [2.75, 3.05) is 63.8 Å². The van der Waals surface area contributed by atoms with Crippen molar-refractivity contribution in [2.24, 2.45) is 0 Å². The van der Waals surface area contributed by atoms with E-state index in [2.05, 4.69) is 26.2 Å². The number of benzene rings is 2. The van der Waals surface area contributed by atoms with Gasteiger partial charge in [-0.3, -0.25) is 9.59 Å². The number of ether oxygens (including phenoxy) is 2. The van der Waals surface area contributed by atoms with Crippen LogP contribution in [0.2, 0.25) is 0 Å². The molecule has 2 aromatic carbocycles. The largest absolute Gasteiger partial charge is 1.00 e. The molecule has 0 saturated carbocycles. The number of nitrogens with one attached hydrogen (secondary N) is 4. The fourth-order valence-corrected chi connectivity index (χ4v) is 11.9. The second-order valence-electron chi connectivity index (χ2n) is 18.5. The van der Waals surface area contributed by atoms with Crippen LogP contribution in [0, 0.1) is 0 Å². The summed E-state index contributed by atoms with van der Waals surface area (Å²) in [4.78, 5) is 37.9. The Bertz CT molecular complexity index is 2550. The Hall–Kier alpha value is -2.93. The van der Waals surface area contributed by atoms with Crippen molar-refractivity contribution in [1.82, 2.24) is 21.3 Å². The summed E-state index contributed by atoms with van der Waals surface area (Å²) in [5, 5.41) is 12.1. The minimum atomic E-state index is -4.68. The Morgan fingerprint density at radius 1 is 0.812 bits per heavy atom. The molecule has 0 aromatic heterocycles. The number of amides is 4. The molecule has 0 bridgehead atoms. The molecule has 69 heavy (non-hydrogen) atoms. The van der Waals surface area contributed by atoms with Crippen LogP contribution in [0.25, 0.3) is 0 Å². The van der Waals surface area contributed by atoms with Gasteiger partial charge < -0.3 is 44.7 Å². The van der Waals surface area contributed by atoms with Gasteiger partial charge in [-0.25, -0.2) is 21.6 Å². The number of allylic oxidation sites excluding steroid dienone is 6. The van der Waals surface area contributed by atoms with Gasteiger partial charge in [-0.2, -0.15) is 16.3 Å². The predicted octanol–water partition coefficient (Wildman–Crippen LogP) is 1.85. The molecule has 6 rings (SSSR count). The molecular formula is C48H65KN6O11S3. The van der Waals surface area contributed by atoms with E-state index in [0.717, 1.165) is 71.8 Å². The van der Waals surface area contributed by atoms with E-state index in [9.17, 15) is 40.3 Å². The van der Waals surface area contributed by atoms with E-state index in [1.807, 2.05) is 81.5 Å². The van der Waals surface area contributed by atoms with Gasteiger partial charge in [0.1, 0.15) is 27.3 Å². The number of urea groups is 1. The number of rotatable bonds is 25. The van der Waals surface area contributed by atoms with Gasteiger partial charge in [0.15, 0.2) is 5.71 Å². The molecule has 2 fully saturated rings. The molecule has 4 N–H and O–H groups in total. The first-order chi connectivity index (χ1) is 32.2. The molecule has 0 aliphatic carbocycles. The molecule has 2 aromatic rings. The Morgan fingerprint density at radius 3 is 2.06 bits per heavy atom. The summed E-state index contributed by atoms with van der Waals surface area (Å²) in [6.45, 7) is 10.7. The van der Waals surface area contributed by atoms with Gasteiger partial charge in [0.05, 0.1) is 53.7 Å². The SMILES string of the molecule is C[N+]1=C(C=CC=CC=C2N(CCCCCC(=O)NCCOCCOCCNC(=O)CCCC[C@@H]3SC[C@@H]4NC(=O)N[C@@H]43)c3ccc(S(=O)(=O)[O-])cc3C2(C)C)C(C)(C)c2cc(S(=O)(=O)[O-])ccc21.[K+]. The van der Waals surface area contributed by atoms with Gasteiger partial charge in [-0.1, -0.05) is 44.9 Å². The maximum absolute atomic E-state index is 12.6. The second-order valence-corrected chi connectivity index (χ2v) is 22.5. The van der Waals surface area contributed by atoms with E-state index < -0.39 is 31.1 Å². The quantitative estimate of drug-likeness (QED) is 0.0278. The molecule has 21 heteroatoms. The third-order valence-electron chi connectivity index (χ3n) is 13.1. The molecule has 0 unspecified atom stereocenters. The van der Waals surface area contributed by atoms with Crippen LogP contribution in [0.15, 0.2) is 82.3 Å². The van der Waals surface area contributed by atoms with E-state index in [-0.39, 0.29) is 91.1 Å². The van der Waals surface area contributed by atoms with Gasteiger partial charge in [0.2, 0.25) is 17.5 Å². The van der Waals surface area contributed by atoms with Crippen molar-refractivity contribution >= 4 is 66.9 Å². The summed E-state index contributed by atoms with van der Waals surface area (Å²) in [6.07, 6.45) is 15.3. The van der Waals surface area contributed by atoms with Gasteiger partial charge in [-0.15, -0.1) is 0 Å². The van der Waals surface area contributed by atoms with E-state index in [1.54, 1.807) is 12.1 Å². The number of unbranched alkanes of at least 4 members (excludes halogenated alkanes) is 3. The van der Waals surface area contributed by atoms with Gasteiger partial charge >= 0.3 is 57.4 Å². The van der Waals surface area contributed by atoms with Crippen LogP contribution in [-0.2, 0) is 50.1 Å². The first-order valence-electron chi connectivity index (χ1n) is 23.2. The maximum atomic E-state index is 12.6. The van der Waals surface area contributed by atoms with E-state index in [1.165, 1.54) is 24.3 Å². The summed E-state index contributed by atoms with van der Waals surface area (Å²) in [5.74, 6) is 0.857. The number of anilines is 1. The molecule has 3 atom stereocenters. The molecule has 4 amide bonds. The van der Waals surface area contributed by atoms with E-state index >= 15 is 0 Å². The number of hydrogen-bond acceptors (Lipinski definition) is 13. The number of fused-ring (bicyclic) bond motifs is 3. The van der Waals surface area contributed by atoms with Crippen LogP contribution >= 0.6 is 11.8 Å². The average Bonchev–Trinajstić information content (AvgIpc) is 3.95. The van der Waals surface area contributed by atoms with Gasteiger partial charge in [-0.05, 0) is 81.5 Å². The summed E-state index contributed by atoms with van der Waals surface area (Å²) < 4.78 is 84.3. The number of carbonyl (C=O) groups is 3. The third kappa shape index (κ3) is 14.8. The molecule has 4 heterocycles. The first kappa shape index (κ1) is 57.0. The molecular weight excluding hydrogens is 972 g/mol. The smallest absolute Gasteiger partial charge is 0.744 e. The molecule has 2 saturated heterocycles. The number of thioether (sulfide) groups is 1. The van der Waals surface area contributed by atoms with Crippen LogP contribution in [-0.4, -0.2) is 130 Å². The fraction of sp³-hybridized carbons (Fsp3) is 0.542. The standard InChI is InChI=1S/C48H66N6O11S3.K/c1-47(2)35-30-33(67(58,59)60)19-21-38(35)53(5)41(47)15-8-6-9-16-42-48(3,4)36-31-34(68(61,62)63)20-22-39(36)54(42)25-13-7-10-17-43(55)49-23-26-64-28-29-65-27-24-50-44(56)18-12-11-14-40-45-37(32-66-40)51-46(57)52-45;/h6,8-9,15-16,19-22,30-31,37,40,45H,7,10-14,17-18,23-29,32H2,1-5H3,(H5-,49,50,51,52,55,56,57,58,59,60,61,62,63);/q;+1/p-1/t37-,40-,45-;/m0./s1. The Labute approximate surface area is 454 Å². The zero-order chi connectivity index (χ0) is 49.3. The topological polar surface area (TPSA) is 238 Å². The summed E-state index contributed by atoms with van der Waals surface area (Å²) in [6, 6.07) is 9.21. The van der Waals surface area contributed by atoms with Crippen molar-refractivity contribution in [3.63, 3.8) is 0 Å². The minimum Gasteiger partial charge on any atom is -0.744 e. The summed E-state index contributed by atoms with van der Waals surface area (Å²) in [7, 11) is -7.40. The van der Waals surface area contributed by atoms with Crippen LogP contribution in [0.1, 0.15) is 90.2 Å². The van der Waals surface area contributed by atoms with Crippen molar-refractivity contribution < 1.29 is 106 Å². The fourth-order valence-electron chi connectivity index (χ4n) is 9.41. The van der Waals surface area contributed by atoms with E-state index in [0.29, 0.717) is 70.6 Å². The van der Waals surface area contributed by atoms with Gasteiger partial charge in [0.25, 0.3) is 0 Å². The number of nitrogens with zero attached hydrogens (tertiary/aromatic N) is 2. The van der Waals surface area contributed by atoms with E-state index in [4.69, 9.17) is 9.47 Å². The van der Waals surface area contributed by atoms with Gasteiger partial charge in [0, 0.05) is 78.0 Å². The van der Waals surface area contributed by atoms with Crippen molar-refractivity contribution in [3.8, 4) is 0 Å². The van der Waals surface area contributed by atoms with Crippen LogP contribution in [0.5, 0.6) is 0 Å². The van der Waals surface area contributed by atoms with Crippen LogP contribution in [0.3, 0.4) is 0 Å². The first-order valence-corrected chi connectivity index (χ1v) is 27.1. The second kappa shape index (κ2) is 25.1. The number of carbonyl (C=O) groups excluding carboxylic acids is 3.